The molecule has 3 aromatic carbocycles. The van der Waals surface area contributed by atoms with E-state index >= 15 is 0 Å². The maximum Gasteiger partial charge on any atom is 0.295 e. The van der Waals surface area contributed by atoms with E-state index in [1.54, 1.807) is 36.3 Å². The molecule has 0 spiro atoms. The van der Waals surface area contributed by atoms with Crippen molar-refractivity contribution in [2.24, 2.45) is 0 Å². The van der Waals surface area contributed by atoms with Crippen molar-refractivity contribution in [3.63, 3.8) is 0 Å². The summed E-state index contributed by atoms with van der Waals surface area (Å²) in [6.07, 6.45) is 2.43. The van der Waals surface area contributed by atoms with Crippen molar-refractivity contribution >= 4 is 60.2 Å². The molecule has 0 aliphatic carbocycles. The zero-order valence-electron chi connectivity index (χ0n) is 19.3. The largest absolute Gasteiger partial charge is 0.507 e. The number of carbonyl (C=O) groups is 2. The molecule has 6 nitrogen and oxygen atoms in total. The number of H-pyrrole nitrogens is 1. The van der Waals surface area contributed by atoms with Crippen LogP contribution in [0.15, 0.2) is 87.4 Å². The van der Waals surface area contributed by atoms with Gasteiger partial charge in [0.05, 0.1) is 18.7 Å². The van der Waals surface area contributed by atoms with E-state index in [9.17, 15) is 14.7 Å². The second-order valence-electron chi connectivity index (χ2n) is 8.53. The van der Waals surface area contributed by atoms with Gasteiger partial charge in [-0.25, -0.2) is 0 Å². The Labute approximate surface area is 224 Å². The molecule has 182 valence electrons. The number of hydrogen-bond acceptors (Lipinski definition) is 4. The molecule has 1 fully saturated rings. The summed E-state index contributed by atoms with van der Waals surface area (Å²) in [6, 6.07) is 19.5. The SMILES string of the molecule is COc1ccc2[nH]cc(CCN3C(=O)C(=O)/C(=C(\O)c4ccc(Br)cc4)C3c3ccc(Br)cc3)c2c1. The minimum atomic E-state index is -0.707. The average Bonchev–Trinajstić information content (AvgIpc) is 3.40. The molecular formula is C28H22Br2N2O4. The molecule has 8 heteroatoms. The first-order chi connectivity index (χ1) is 17.4. The molecule has 2 N–H and O–H groups in total. The first-order valence-electron chi connectivity index (χ1n) is 11.3. The Kier molecular flexibility index (Phi) is 6.73. The molecule has 1 aliphatic rings. The highest BCUT2D eigenvalue weighted by Gasteiger charge is 2.45. The number of hydrogen-bond donors (Lipinski definition) is 2. The van der Waals surface area contributed by atoms with E-state index in [-0.39, 0.29) is 11.3 Å². The second kappa shape index (κ2) is 9.95. The van der Waals surface area contributed by atoms with Crippen LogP contribution >= 0.6 is 31.9 Å². The second-order valence-corrected chi connectivity index (χ2v) is 10.4. The zero-order chi connectivity index (χ0) is 25.4. The number of nitrogens with one attached hydrogen (secondary N) is 1. The van der Waals surface area contributed by atoms with Crippen LogP contribution in [0.5, 0.6) is 5.75 Å². The average molecular weight is 610 g/mol. The summed E-state index contributed by atoms with van der Waals surface area (Å²) < 4.78 is 7.09. The van der Waals surface area contributed by atoms with Gasteiger partial charge in [0.2, 0.25) is 0 Å². The number of aliphatic hydroxyl groups is 1. The molecule has 36 heavy (non-hydrogen) atoms. The van der Waals surface area contributed by atoms with Crippen LogP contribution in [-0.2, 0) is 16.0 Å². The fourth-order valence-corrected chi connectivity index (χ4v) is 5.13. The fourth-order valence-electron chi connectivity index (χ4n) is 4.60. The number of aliphatic hydroxyl groups excluding tert-OH is 1. The minimum absolute atomic E-state index is 0.0882. The monoisotopic (exact) mass is 608 g/mol. The quantitative estimate of drug-likeness (QED) is 0.151. The maximum atomic E-state index is 13.3. The van der Waals surface area contributed by atoms with Crippen LogP contribution < -0.4 is 4.74 Å². The van der Waals surface area contributed by atoms with Gasteiger partial charge in [-0.2, -0.15) is 0 Å². The van der Waals surface area contributed by atoms with E-state index in [0.717, 1.165) is 36.7 Å². The number of Topliss-reactive ketones (excluding diaryl/α,β-unsaturated/α-hetero) is 1. The van der Waals surface area contributed by atoms with Crippen LogP contribution in [0.1, 0.15) is 22.7 Å². The Balaban J connectivity index is 1.55. The molecule has 0 saturated carbocycles. The molecule has 4 aromatic rings. The van der Waals surface area contributed by atoms with E-state index in [2.05, 4.69) is 36.8 Å². The van der Waals surface area contributed by atoms with Gasteiger partial charge in [-0.1, -0.05) is 56.1 Å². The third kappa shape index (κ3) is 4.47. The number of amides is 1. The Bertz CT molecular complexity index is 1490. The first-order valence-corrected chi connectivity index (χ1v) is 12.9. The number of rotatable bonds is 6. The van der Waals surface area contributed by atoms with Crippen molar-refractivity contribution in [2.75, 3.05) is 13.7 Å². The predicted molar refractivity (Wildman–Crippen MR) is 146 cm³/mol. The van der Waals surface area contributed by atoms with Crippen LogP contribution in [0.4, 0.5) is 0 Å². The summed E-state index contributed by atoms with van der Waals surface area (Å²) in [5.74, 6) is -0.760. The molecule has 1 amide bonds. The molecular weight excluding hydrogens is 588 g/mol. The fraction of sp³-hybridized carbons (Fsp3) is 0.143. The molecule has 0 bridgehead atoms. The molecule has 1 aromatic heterocycles. The number of likely N-dealkylation sites (tertiary alicyclic amines) is 1. The lowest BCUT2D eigenvalue weighted by atomic mass is 9.95. The molecule has 2 heterocycles. The summed E-state index contributed by atoms with van der Waals surface area (Å²) >= 11 is 6.83. The number of nitrogens with zero attached hydrogens (tertiary/aromatic N) is 1. The topological polar surface area (TPSA) is 82.6 Å². The molecule has 1 saturated heterocycles. The van der Waals surface area contributed by atoms with Crippen molar-refractivity contribution in [1.29, 1.82) is 0 Å². The highest BCUT2D eigenvalue weighted by molar-refractivity contribution is 9.10. The van der Waals surface area contributed by atoms with E-state index < -0.39 is 17.7 Å². The Morgan fingerprint density at radius 1 is 1.00 bits per heavy atom. The Hall–Kier alpha value is -3.36. The molecule has 5 rings (SSSR count). The summed E-state index contributed by atoms with van der Waals surface area (Å²) in [6.45, 7) is 0.298. The van der Waals surface area contributed by atoms with Crippen LogP contribution in [0.2, 0.25) is 0 Å². The van der Waals surface area contributed by atoms with Crippen molar-refractivity contribution in [1.82, 2.24) is 9.88 Å². The number of fused-ring (bicyclic) bond motifs is 1. The Morgan fingerprint density at radius 3 is 2.33 bits per heavy atom. The lowest BCUT2D eigenvalue weighted by Gasteiger charge is -2.25. The highest BCUT2D eigenvalue weighted by Crippen LogP contribution is 2.40. The molecule has 0 radical (unpaired) electrons. The lowest BCUT2D eigenvalue weighted by Crippen LogP contribution is -2.31. The number of ketones is 1. The third-order valence-corrected chi connectivity index (χ3v) is 7.50. The maximum absolute atomic E-state index is 13.3. The van der Waals surface area contributed by atoms with Gasteiger partial charge in [-0.3, -0.25) is 9.59 Å². The zero-order valence-corrected chi connectivity index (χ0v) is 22.5. The Morgan fingerprint density at radius 2 is 1.67 bits per heavy atom. The van der Waals surface area contributed by atoms with Crippen LogP contribution in [0.3, 0.4) is 0 Å². The molecule has 1 atom stereocenters. The molecule has 1 aliphatic heterocycles. The summed E-state index contributed by atoms with van der Waals surface area (Å²) in [5.41, 5.74) is 3.28. The summed E-state index contributed by atoms with van der Waals surface area (Å²) in [5, 5.41) is 12.2. The van der Waals surface area contributed by atoms with Gasteiger partial charge in [-0.15, -0.1) is 0 Å². The smallest absolute Gasteiger partial charge is 0.295 e. The number of aromatic amines is 1. The van der Waals surface area contributed by atoms with Crippen molar-refractivity contribution in [3.05, 3.63) is 104 Å². The number of methoxy groups -OCH3 is 1. The number of aromatic nitrogens is 1. The van der Waals surface area contributed by atoms with Gasteiger partial charge >= 0.3 is 0 Å². The highest BCUT2D eigenvalue weighted by atomic mass is 79.9. The number of halogens is 2. The lowest BCUT2D eigenvalue weighted by molar-refractivity contribution is -0.139. The predicted octanol–water partition coefficient (Wildman–Crippen LogP) is 6.37. The number of ether oxygens (including phenoxy) is 1. The van der Waals surface area contributed by atoms with E-state index in [1.807, 2.05) is 48.7 Å². The number of carbonyl (C=O) groups excluding carboxylic acids is 2. The normalized spacial score (nSPS) is 17.2. The van der Waals surface area contributed by atoms with Gasteiger partial charge in [-0.05, 0) is 60.0 Å². The standard InChI is InChI=1S/C28H22Br2N2O4/c1-36-21-10-11-23-22(14-21)18(15-31-23)12-13-32-25(16-2-6-19(29)7-3-16)24(27(34)28(32)35)26(33)17-4-8-20(30)9-5-17/h2-11,14-15,25,31,33H,12-13H2,1H3/b26-24-. The van der Waals surface area contributed by atoms with Crippen molar-refractivity contribution < 1.29 is 19.4 Å². The van der Waals surface area contributed by atoms with Crippen molar-refractivity contribution in [2.45, 2.75) is 12.5 Å². The summed E-state index contributed by atoms with van der Waals surface area (Å²) in [7, 11) is 1.62. The minimum Gasteiger partial charge on any atom is -0.507 e. The van der Waals surface area contributed by atoms with Gasteiger partial charge in [0.25, 0.3) is 11.7 Å². The van der Waals surface area contributed by atoms with E-state index in [1.165, 1.54) is 0 Å². The van der Waals surface area contributed by atoms with E-state index in [4.69, 9.17) is 4.74 Å². The number of benzene rings is 3. The van der Waals surface area contributed by atoms with Crippen LogP contribution in [0.25, 0.3) is 16.7 Å². The van der Waals surface area contributed by atoms with E-state index in [0.29, 0.717) is 18.5 Å². The van der Waals surface area contributed by atoms with Crippen molar-refractivity contribution in [3.8, 4) is 5.75 Å². The first kappa shape index (κ1) is 24.3. The third-order valence-electron chi connectivity index (χ3n) is 6.44. The van der Waals surface area contributed by atoms with Gasteiger partial charge < -0.3 is 19.7 Å². The van der Waals surface area contributed by atoms with Crippen LogP contribution in [0, 0.1) is 0 Å². The molecule has 1 unspecified atom stereocenters. The summed E-state index contributed by atoms with van der Waals surface area (Å²) in [4.78, 5) is 31.3. The van der Waals surface area contributed by atoms with Crippen LogP contribution in [-0.4, -0.2) is 40.3 Å². The van der Waals surface area contributed by atoms with Gasteiger partial charge in [0, 0.05) is 38.2 Å². The van der Waals surface area contributed by atoms with Gasteiger partial charge in [0.15, 0.2) is 0 Å². The van der Waals surface area contributed by atoms with Gasteiger partial charge in [0.1, 0.15) is 11.5 Å².